The number of rotatable bonds is 5. The Kier molecular flexibility index (Phi) is 4.00. The number of hydrogen-bond donors (Lipinski definition) is 0. The molecule has 3 atom stereocenters. The van der Waals surface area contributed by atoms with Crippen molar-refractivity contribution in [2.75, 3.05) is 13.7 Å². The van der Waals surface area contributed by atoms with E-state index >= 15 is 0 Å². The van der Waals surface area contributed by atoms with Crippen molar-refractivity contribution >= 4 is 5.91 Å². The number of ether oxygens (including phenoxy) is 1. The third-order valence-electron chi connectivity index (χ3n) is 5.26. The summed E-state index contributed by atoms with van der Waals surface area (Å²) in [5.74, 6) is 1.62. The predicted molar refractivity (Wildman–Crippen MR) is 90.8 cm³/mol. The molecule has 1 saturated carbocycles. The third kappa shape index (κ3) is 2.79. The van der Waals surface area contributed by atoms with E-state index in [1.807, 2.05) is 35.1 Å². The lowest BCUT2D eigenvalue weighted by molar-refractivity contribution is -0.133. The van der Waals surface area contributed by atoms with Crippen LogP contribution in [0.3, 0.4) is 0 Å². The zero-order chi connectivity index (χ0) is 16.5. The summed E-state index contributed by atoms with van der Waals surface area (Å²) in [5, 5.41) is 4.28. The highest BCUT2D eigenvalue weighted by atomic mass is 16.5. The van der Waals surface area contributed by atoms with Gasteiger partial charge in [-0.2, -0.15) is 5.10 Å². The van der Waals surface area contributed by atoms with E-state index in [-0.39, 0.29) is 12.0 Å². The number of methoxy groups -OCH3 is 1. The normalized spacial score (nSPS) is 25.7. The second-order valence-corrected chi connectivity index (χ2v) is 6.75. The Bertz CT molecular complexity index is 713. The highest BCUT2D eigenvalue weighted by Gasteiger charge is 2.48. The van der Waals surface area contributed by atoms with Gasteiger partial charge < -0.3 is 9.64 Å². The van der Waals surface area contributed by atoms with Crippen LogP contribution >= 0.6 is 0 Å². The zero-order valence-corrected chi connectivity index (χ0v) is 14.0. The smallest absolute Gasteiger partial charge is 0.226 e. The molecule has 5 heteroatoms. The summed E-state index contributed by atoms with van der Waals surface area (Å²) in [5.41, 5.74) is 1.17. The maximum atomic E-state index is 13.0. The first kappa shape index (κ1) is 15.2. The van der Waals surface area contributed by atoms with Gasteiger partial charge in [0.25, 0.3) is 0 Å². The lowest BCUT2D eigenvalue weighted by Crippen LogP contribution is -2.39. The van der Waals surface area contributed by atoms with E-state index in [1.165, 1.54) is 5.56 Å². The number of likely N-dealkylation sites (tertiary alicyclic amines) is 1. The average molecular weight is 325 g/mol. The second kappa shape index (κ2) is 6.30. The standard InChI is InChI=1S/C19H23N3O2/c1-24-18-8-3-2-7-15(18)16-12-17(16)19(23)22-11-4-6-14(22)13-21-10-5-9-20-21/h2-3,5,7-10,14,16-17H,4,6,11-13H2,1H3. The molecule has 1 aromatic carbocycles. The minimum Gasteiger partial charge on any atom is -0.496 e. The predicted octanol–water partition coefficient (Wildman–Crippen LogP) is 2.69. The molecule has 0 radical (unpaired) electrons. The van der Waals surface area contributed by atoms with Crippen LogP contribution in [-0.4, -0.2) is 40.3 Å². The van der Waals surface area contributed by atoms with E-state index in [9.17, 15) is 4.79 Å². The SMILES string of the molecule is COc1ccccc1C1CC1C(=O)N1CCCC1Cn1cccn1. The van der Waals surface area contributed by atoms with Gasteiger partial charge in [0, 0.05) is 24.9 Å². The van der Waals surface area contributed by atoms with Crippen molar-refractivity contribution < 1.29 is 9.53 Å². The average Bonchev–Trinajstić information content (AvgIpc) is 3.00. The van der Waals surface area contributed by atoms with Crippen molar-refractivity contribution in [3.63, 3.8) is 0 Å². The van der Waals surface area contributed by atoms with Gasteiger partial charge in [-0.1, -0.05) is 18.2 Å². The minimum absolute atomic E-state index is 0.111. The molecule has 2 aliphatic rings. The van der Waals surface area contributed by atoms with Gasteiger partial charge in [0.2, 0.25) is 5.91 Å². The number of para-hydroxylation sites is 1. The molecular weight excluding hydrogens is 302 g/mol. The Hall–Kier alpha value is -2.30. The maximum absolute atomic E-state index is 13.0. The Morgan fingerprint density at radius 3 is 3.00 bits per heavy atom. The number of carbonyl (C=O) groups is 1. The maximum Gasteiger partial charge on any atom is 0.226 e. The van der Waals surface area contributed by atoms with Crippen LogP contribution in [0.4, 0.5) is 0 Å². The number of hydrogen-bond acceptors (Lipinski definition) is 3. The summed E-state index contributed by atoms with van der Waals surface area (Å²) < 4.78 is 7.39. The van der Waals surface area contributed by atoms with Crippen LogP contribution < -0.4 is 4.74 Å². The van der Waals surface area contributed by atoms with Crippen molar-refractivity contribution in [2.24, 2.45) is 5.92 Å². The van der Waals surface area contributed by atoms with Crippen LogP contribution in [0.1, 0.15) is 30.7 Å². The van der Waals surface area contributed by atoms with E-state index in [2.05, 4.69) is 16.1 Å². The number of amides is 1. The lowest BCUT2D eigenvalue weighted by atomic mass is 10.1. The van der Waals surface area contributed by atoms with Crippen LogP contribution in [0, 0.1) is 5.92 Å². The van der Waals surface area contributed by atoms with Crippen LogP contribution in [0.25, 0.3) is 0 Å². The molecule has 1 aliphatic carbocycles. The van der Waals surface area contributed by atoms with Gasteiger partial charge >= 0.3 is 0 Å². The topological polar surface area (TPSA) is 47.4 Å². The van der Waals surface area contributed by atoms with Crippen LogP contribution in [-0.2, 0) is 11.3 Å². The number of carbonyl (C=O) groups excluding carboxylic acids is 1. The van der Waals surface area contributed by atoms with Crippen LogP contribution in [0.15, 0.2) is 42.7 Å². The number of nitrogens with zero attached hydrogens (tertiary/aromatic N) is 3. The van der Waals surface area contributed by atoms with Gasteiger partial charge in [-0.3, -0.25) is 9.48 Å². The first-order valence-corrected chi connectivity index (χ1v) is 8.68. The fourth-order valence-corrected chi connectivity index (χ4v) is 3.94. The van der Waals surface area contributed by atoms with E-state index < -0.39 is 0 Å². The van der Waals surface area contributed by atoms with Gasteiger partial charge in [0.1, 0.15) is 5.75 Å². The summed E-state index contributed by atoms with van der Waals surface area (Å²) in [7, 11) is 1.69. The number of benzene rings is 1. The van der Waals surface area contributed by atoms with Crippen LogP contribution in [0.5, 0.6) is 5.75 Å². The summed E-state index contributed by atoms with van der Waals surface area (Å²) in [6.07, 6.45) is 6.85. The van der Waals surface area contributed by atoms with Crippen molar-refractivity contribution in [3.8, 4) is 5.75 Å². The second-order valence-electron chi connectivity index (χ2n) is 6.75. The molecule has 1 amide bonds. The van der Waals surface area contributed by atoms with E-state index in [0.717, 1.165) is 38.1 Å². The molecule has 4 rings (SSSR count). The Morgan fingerprint density at radius 2 is 2.21 bits per heavy atom. The highest BCUT2D eigenvalue weighted by molar-refractivity contribution is 5.83. The molecule has 0 N–H and O–H groups in total. The van der Waals surface area contributed by atoms with E-state index in [4.69, 9.17) is 4.74 Å². The number of aromatic nitrogens is 2. The summed E-state index contributed by atoms with van der Waals surface area (Å²) in [4.78, 5) is 15.1. The Morgan fingerprint density at radius 1 is 1.33 bits per heavy atom. The molecule has 5 nitrogen and oxygen atoms in total. The highest BCUT2D eigenvalue weighted by Crippen LogP contribution is 2.51. The van der Waals surface area contributed by atoms with E-state index in [1.54, 1.807) is 13.3 Å². The molecule has 0 bridgehead atoms. The molecular formula is C19H23N3O2. The molecule has 3 unspecified atom stereocenters. The molecule has 1 aliphatic heterocycles. The van der Waals surface area contributed by atoms with Crippen molar-refractivity contribution in [3.05, 3.63) is 48.3 Å². The largest absolute Gasteiger partial charge is 0.496 e. The molecule has 24 heavy (non-hydrogen) atoms. The minimum atomic E-state index is 0.111. The summed E-state index contributed by atoms with van der Waals surface area (Å²) >= 11 is 0. The Balaban J connectivity index is 1.44. The molecule has 1 aromatic heterocycles. The molecule has 0 spiro atoms. The molecule has 2 heterocycles. The monoisotopic (exact) mass is 325 g/mol. The van der Waals surface area contributed by atoms with Gasteiger partial charge in [-0.05, 0) is 42.9 Å². The van der Waals surface area contributed by atoms with E-state index in [0.29, 0.717) is 11.8 Å². The summed E-state index contributed by atoms with van der Waals surface area (Å²) in [6.45, 7) is 1.67. The zero-order valence-electron chi connectivity index (χ0n) is 14.0. The first-order valence-electron chi connectivity index (χ1n) is 8.68. The molecule has 126 valence electrons. The third-order valence-corrected chi connectivity index (χ3v) is 5.26. The fraction of sp³-hybridized carbons (Fsp3) is 0.474. The van der Waals surface area contributed by atoms with Crippen molar-refractivity contribution in [2.45, 2.75) is 37.8 Å². The van der Waals surface area contributed by atoms with Crippen molar-refractivity contribution in [1.82, 2.24) is 14.7 Å². The van der Waals surface area contributed by atoms with Gasteiger partial charge in [0.05, 0.1) is 19.7 Å². The van der Waals surface area contributed by atoms with Gasteiger partial charge in [0.15, 0.2) is 0 Å². The quantitative estimate of drug-likeness (QED) is 0.849. The van der Waals surface area contributed by atoms with Gasteiger partial charge in [-0.25, -0.2) is 0 Å². The van der Waals surface area contributed by atoms with Gasteiger partial charge in [-0.15, -0.1) is 0 Å². The lowest BCUT2D eigenvalue weighted by Gasteiger charge is -2.25. The fourth-order valence-electron chi connectivity index (χ4n) is 3.94. The molecule has 2 fully saturated rings. The Labute approximate surface area is 142 Å². The molecule has 1 saturated heterocycles. The van der Waals surface area contributed by atoms with Crippen LogP contribution in [0.2, 0.25) is 0 Å². The summed E-state index contributed by atoms with van der Waals surface area (Å²) in [6, 6.07) is 10.3. The van der Waals surface area contributed by atoms with Crippen molar-refractivity contribution in [1.29, 1.82) is 0 Å². The first-order chi connectivity index (χ1) is 11.8. The molecule has 2 aromatic rings.